The molecule has 0 saturated heterocycles. The van der Waals surface area contributed by atoms with Gasteiger partial charge in [0.1, 0.15) is 0 Å². The topological polar surface area (TPSA) is 22.1 Å². The van der Waals surface area contributed by atoms with Crippen molar-refractivity contribution in [2.24, 2.45) is 0 Å². The van der Waals surface area contributed by atoms with Crippen molar-refractivity contribution >= 4 is 31.3 Å². The Bertz CT molecular complexity index is 811. The number of hydrogen-bond donors (Lipinski definition) is 1. The molecule has 4 heteroatoms. The lowest BCUT2D eigenvalue weighted by molar-refractivity contribution is 0.278. The van der Waals surface area contributed by atoms with Crippen LogP contribution >= 0.6 is 12.6 Å². The molecule has 1 heterocycles. The monoisotopic (exact) mass is 407 g/mol. The predicted octanol–water partition coefficient (Wildman–Crippen LogP) is 4.67. The minimum atomic E-state index is -2.52. The summed E-state index contributed by atoms with van der Waals surface area (Å²) in [6.45, 7) is 7.51. The highest BCUT2D eigenvalue weighted by Gasteiger charge is 2.50. The van der Waals surface area contributed by atoms with E-state index in [4.69, 9.17) is 4.43 Å². The van der Waals surface area contributed by atoms with Gasteiger partial charge in [-0.2, -0.15) is 12.6 Å². The van der Waals surface area contributed by atoms with E-state index in [0.29, 0.717) is 12.4 Å². The summed E-state index contributed by atoms with van der Waals surface area (Å²) in [4.78, 5) is 4.54. The molecule has 146 valence electrons. The van der Waals surface area contributed by atoms with Crippen LogP contribution in [0.5, 0.6) is 0 Å². The number of pyridine rings is 1. The van der Waals surface area contributed by atoms with Gasteiger partial charge in [0.2, 0.25) is 0 Å². The Hall–Kier alpha value is -1.88. The van der Waals surface area contributed by atoms with Crippen LogP contribution in [0.3, 0.4) is 0 Å². The van der Waals surface area contributed by atoms with Crippen LogP contribution in [-0.4, -0.2) is 25.7 Å². The Balaban J connectivity index is 2.06. The smallest absolute Gasteiger partial charge is 0.261 e. The van der Waals surface area contributed by atoms with Gasteiger partial charge in [0.15, 0.2) is 0 Å². The van der Waals surface area contributed by atoms with Crippen molar-refractivity contribution in [2.75, 3.05) is 12.4 Å². The molecule has 0 aliphatic carbocycles. The van der Waals surface area contributed by atoms with Crippen molar-refractivity contribution in [3.63, 3.8) is 0 Å². The lowest BCUT2D eigenvalue weighted by Crippen LogP contribution is -2.66. The molecule has 0 radical (unpaired) electrons. The second kappa shape index (κ2) is 9.08. The van der Waals surface area contributed by atoms with E-state index in [2.05, 4.69) is 105 Å². The molecule has 2 aromatic carbocycles. The van der Waals surface area contributed by atoms with E-state index in [1.54, 1.807) is 0 Å². The standard InChI is InChI=1S/C24H29NOSSi/c1-24(2,3)28(21-12-6-4-7-13-21,22-14-8-5-9-15-22)26-18-20(19-27)23-16-10-11-17-25-23/h4-17,20,27H,18-19H2,1-3H3/t20-/m0/s1. The van der Waals surface area contributed by atoms with Crippen LogP contribution in [0.4, 0.5) is 0 Å². The third-order valence-electron chi connectivity index (χ3n) is 5.24. The zero-order valence-electron chi connectivity index (χ0n) is 16.9. The summed E-state index contributed by atoms with van der Waals surface area (Å²) in [5, 5.41) is 2.57. The second-order valence-electron chi connectivity index (χ2n) is 8.11. The summed E-state index contributed by atoms with van der Waals surface area (Å²) in [6, 6.07) is 27.5. The summed E-state index contributed by atoms with van der Waals surface area (Å²) in [5.74, 6) is 0.862. The van der Waals surface area contributed by atoms with Gasteiger partial charge in [-0.25, -0.2) is 0 Å². The maximum atomic E-state index is 7.02. The molecule has 3 aromatic rings. The Labute approximate surface area is 175 Å². The van der Waals surface area contributed by atoms with Crippen LogP contribution in [-0.2, 0) is 4.43 Å². The van der Waals surface area contributed by atoms with Crippen LogP contribution in [0.15, 0.2) is 85.1 Å². The van der Waals surface area contributed by atoms with Gasteiger partial charge in [0.25, 0.3) is 8.32 Å². The lowest BCUT2D eigenvalue weighted by Gasteiger charge is -2.43. The molecule has 1 aromatic heterocycles. The van der Waals surface area contributed by atoms with Gasteiger partial charge in [-0.05, 0) is 27.5 Å². The number of rotatable bonds is 7. The van der Waals surface area contributed by atoms with Gasteiger partial charge in [-0.15, -0.1) is 0 Å². The van der Waals surface area contributed by atoms with E-state index in [1.165, 1.54) is 10.4 Å². The molecule has 0 spiro atoms. The van der Waals surface area contributed by atoms with Gasteiger partial charge in [0.05, 0.1) is 0 Å². The van der Waals surface area contributed by atoms with Crippen molar-refractivity contribution in [1.29, 1.82) is 0 Å². The van der Waals surface area contributed by atoms with Crippen LogP contribution in [0.1, 0.15) is 32.4 Å². The van der Waals surface area contributed by atoms with Crippen molar-refractivity contribution in [3.8, 4) is 0 Å². The third kappa shape index (κ3) is 4.24. The fraction of sp³-hybridized carbons (Fsp3) is 0.292. The van der Waals surface area contributed by atoms with Gasteiger partial charge < -0.3 is 4.43 Å². The first kappa shape index (κ1) is 20.8. The zero-order valence-corrected chi connectivity index (χ0v) is 18.8. The fourth-order valence-corrected chi connectivity index (χ4v) is 8.74. The summed E-state index contributed by atoms with van der Waals surface area (Å²) < 4.78 is 7.02. The minimum absolute atomic E-state index is 0.0268. The average molecular weight is 408 g/mol. The molecule has 28 heavy (non-hydrogen) atoms. The SMILES string of the molecule is CC(C)(C)[Si](OC[C@@H](CS)c1ccccn1)(c1ccccc1)c1ccccc1. The molecule has 3 rings (SSSR count). The van der Waals surface area contributed by atoms with Gasteiger partial charge in [-0.1, -0.05) is 87.5 Å². The quantitative estimate of drug-likeness (QED) is 0.454. The van der Waals surface area contributed by atoms with E-state index < -0.39 is 8.32 Å². The van der Waals surface area contributed by atoms with Crippen molar-refractivity contribution < 1.29 is 4.43 Å². The Morgan fingerprint density at radius 1 is 0.857 bits per heavy atom. The minimum Gasteiger partial charge on any atom is -0.407 e. The Morgan fingerprint density at radius 3 is 1.82 bits per heavy atom. The Kier molecular flexibility index (Phi) is 6.76. The lowest BCUT2D eigenvalue weighted by atomic mass is 10.1. The number of hydrogen-bond acceptors (Lipinski definition) is 3. The van der Waals surface area contributed by atoms with Crippen LogP contribution in [0, 0.1) is 0 Å². The number of aromatic nitrogens is 1. The summed E-state index contributed by atoms with van der Waals surface area (Å²) in [5.41, 5.74) is 1.04. The molecule has 0 bridgehead atoms. The van der Waals surface area contributed by atoms with Crippen molar-refractivity contribution in [1.82, 2.24) is 4.98 Å². The highest BCUT2D eigenvalue weighted by Crippen LogP contribution is 2.37. The van der Waals surface area contributed by atoms with E-state index in [9.17, 15) is 0 Å². The second-order valence-corrected chi connectivity index (χ2v) is 12.8. The summed E-state index contributed by atoms with van der Waals surface area (Å²) >= 11 is 4.60. The molecule has 0 aliphatic heterocycles. The first-order valence-electron chi connectivity index (χ1n) is 9.76. The van der Waals surface area contributed by atoms with E-state index in [0.717, 1.165) is 5.69 Å². The predicted molar refractivity (Wildman–Crippen MR) is 124 cm³/mol. The van der Waals surface area contributed by atoms with Crippen molar-refractivity contribution in [3.05, 3.63) is 90.8 Å². The Morgan fingerprint density at radius 2 is 1.39 bits per heavy atom. The highest BCUT2D eigenvalue weighted by atomic mass is 32.1. The maximum absolute atomic E-state index is 7.02. The molecule has 0 saturated carbocycles. The van der Waals surface area contributed by atoms with Crippen LogP contribution in [0.2, 0.25) is 5.04 Å². The van der Waals surface area contributed by atoms with E-state index in [1.807, 2.05) is 18.3 Å². The highest BCUT2D eigenvalue weighted by molar-refractivity contribution is 7.80. The fourth-order valence-electron chi connectivity index (χ4n) is 3.84. The number of nitrogens with zero attached hydrogens (tertiary/aromatic N) is 1. The third-order valence-corrected chi connectivity index (χ3v) is 10.7. The number of benzene rings is 2. The largest absolute Gasteiger partial charge is 0.407 e. The number of thiol groups is 1. The van der Waals surface area contributed by atoms with Crippen LogP contribution < -0.4 is 10.4 Å². The molecular formula is C24H29NOSSi. The van der Waals surface area contributed by atoms with E-state index >= 15 is 0 Å². The van der Waals surface area contributed by atoms with Crippen LogP contribution in [0.25, 0.3) is 0 Å². The maximum Gasteiger partial charge on any atom is 0.261 e. The molecule has 0 unspecified atom stereocenters. The summed E-state index contributed by atoms with van der Waals surface area (Å²) in [6.07, 6.45) is 1.84. The van der Waals surface area contributed by atoms with Gasteiger partial charge in [-0.3, -0.25) is 4.98 Å². The molecule has 2 nitrogen and oxygen atoms in total. The molecule has 0 amide bonds. The van der Waals surface area contributed by atoms with Crippen molar-refractivity contribution in [2.45, 2.75) is 31.7 Å². The first-order valence-corrected chi connectivity index (χ1v) is 12.3. The molecule has 0 aliphatic rings. The normalized spacial score (nSPS) is 13.3. The molecular weight excluding hydrogens is 378 g/mol. The summed E-state index contributed by atoms with van der Waals surface area (Å²) in [7, 11) is -2.52. The first-order chi connectivity index (χ1) is 13.5. The molecule has 0 N–H and O–H groups in total. The average Bonchev–Trinajstić information content (AvgIpc) is 2.72. The van der Waals surface area contributed by atoms with Gasteiger partial charge >= 0.3 is 0 Å². The van der Waals surface area contributed by atoms with E-state index in [-0.39, 0.29) is 11.0 Å². The zero-order chi connectivity index (χ0) is 20.0. The molecule has 1 atom stereocenters. The van der Waals surface area contributed by atoms with Gasteiger partial charge in [0, 0.05) is 30.2 Å². The molecule has 0 fully saturated rings.